The van der Waals surface area contributed by atoms with Crippen molar-refractivity contribution in [2.75, 3.05) is 13.2 Å². The van der Waals surface area contributed by atoms with Crippen LogP contribution in [0.15, 0.2) is 11.4 Å². The van der Waals surface area contributed by atoms with E-state index in [4.69, 9.17) is 4.74 Å². The molecule has 3 nitrogen and oxygen atoms in total. The monoisotopic (exact) mass is 241 g/mol. The zero-order valence-electron chi connectivity index (χ0n) is 9.91. The summed E-state index contributed by atoms with van der Waals surface area (Å²) >= 11 is 1.69. The van der Waals surface area contributed by atoms with Crippen molar-refractivity contribution >= 4 is 17.2 Å². The summed E-state index contributed by atoms with van der Waals surface area (Å²) in [5, 5.41) is 4.93. The highest BCUT2D eigenvalue weighted by atomic mass is 32.1. The molecule has 0 saturated carbocycles. The van der Waals surface area contributed by atoms with Gasteiger partial charge in [0.25, 0.3) is 0 Å². The van der Waals surface area contributed by atoms with Crippen molar-refractivity contribution in [1.29, 1.82) is 0 Å². The molecule has 0 unspecified atom stereocenters. The van der Waals surface area contributed by atoms with Crippen molar-refractivity contribution in [1.82, 2.24) is 5.32 Å². The van der Waals surface area contributed by atoms with Crippen LogP contribution < -0.4 is 5.32 Å². The molecular formula is C12H19NO2S. The fourth-order valence-corrected chi connectivity index (χ4v) is 2.29. The van der Waals surface area contributed by atoms with Gasteiger partial charge in [-0.1, -0.05) is 13.8 Å². The van der Waals surface area contributed by atoms with Crippen molar-refractivity contribution in [2.45, 2.75) is 33.2 Å². The van der Waals surface area contributed by atoms with Gasteiger partial charge in [0.05, 0.1) is 6.54 Å². The maximum atomic E-state index is 11.4. The van der Waals surface area contributed by atoms with Crippen LogP contribution in [0.5, 0.6) is 0 Å². The first-order valence-corrected chi connectivity index (χ1v) is 6.55. The Bertz CT molecular complexity index is 323. The standard InChI is InChI=1S/C12H19NO2S/c1-3-6-15-9-12(14)13-8-11-10(4-2)5-7-16-11/h5,7H,3-4,6,8-9H2,1-2H3,(H,13,14). The molecule has 1 amide bonds. The third-order valence-corrected chi connectivity index (χ3v) is 3.21. The lowest BCUT2D eigenvalue weighted by molar-refractivity contribution is -0.125. The van der Waals surface area contributed by atoms with Gasteiger partial charge >= 0.3 is 0 Å². The summed E-state index contributed by atoms with van der Waals surface area (Å²) in [6.07, 6.45) is 1.96. The van der Waals surface area contributed by atoms with Crippen LogP contribution in [-0.4, -0.2) is 19.1 Å². The van der Waals surface area contributed by atoms with E-state index in [1.165, 1.54) is 10.4 Å². The number of amides is 1. The molecule has 0 aromatic carbocycles. The Hall–Kier alpha value is -0.870. The molecule has 0 aliphatic carbocycles. The minimum atomic E-state index is -0.0381. The molecule has 4 heteroatoms. The molecular weight excluding hydrogens is 222 g/mol. The van der Waals surface area contributed by atoms with Gasteiger partial charge in [0, 0.05) is 11.5 Å². The number of rotatable bonds is 7. The Morgan fingerprint density at radius 1 is 1.50 bits per heavy atom. The van der Waals surface area contributed by atoms with E-state index >= 15 is 0 Å². The molecule has 1 rings (SSSR count). The van der Waals surface area contributed by atoms with Crippen LogP contribution in [0.25, 0.3) is 0 Å². The van der Waals surface area contributed by atoms with Gasteiger partial charge in [0.2, 0.25) is 5.91 Å². The van der Waals surface area contributed by atoms with E-state index in [9.17, 15) is 4.79 Å². The quantitative estimate of drug-likeness (QED) is 0.744. The summed E-state index contributed by atoms with van der Waals surface area (Å²) in [5.41, 5.74) is 1.32. The molecule has 0 aliphatic rings. The van der Waals surface area contributed by atoms with Crippen molar-refractivity contribution in [3.8, 4) is 0 Å². The van der Waals surface area contributed by atoms with Gasteiger partial charge in [0.1, 0.15) is 6.61 Å². The smallest absolute Gasteiger partial charge is 0.246 e. The predicted molar refractivity (Wildman–Crippen MR) is 66.7 cm³/mol. The number of carbonyl (C=O) groups is 1. The van der Waals surface area contributed by atoms with E-state index in [0.29, 0.717) is 13.2 Å². The van der Waals surface area contributed by atoms with Crippen LogP contribution in [0.3, 0.4) is 0 Å². The second kappa shape index (κ2) is 7.41. The van der Waals surface area contributed by atoms with Crippen molar-refractivity contribution in [2.24, 2.45) is 0 Å². The van der Waals surface area contributed by atoms with Crippen LogP contribution in [0.2, 0.25) is 0 Å². The Morgan fingerprint density at radius 2 is 2.31 bits per heavy atom. The van der Waals surface area contributed by atoms with Crippen LogP contribution in [0.1, 0.15) is 30.7 Å². The molecule has 0 fully saturated rings. The van der Waals surface area contributed by atoms with E-state index in [0.717, 1.165) is 12.8 Å². The van der Waals surface area contributed by atoms with Crippen LogP contribution in [0.4, 0.5) is 0 Å². The molecule has 1 heterocycles. The number of thiophene rings is 1. The number of hydrogen-bond donors (Lipinski definition) is 1. The van der Waals surface area contributed by atoms with E-state index in [1.54, 1.807) is 11.3 Å². The Labute approximate surface area is 101 Å². The maximum absolute atomic E-state index is 11.4. The Morgan fingerprint density at radius 3 is 3.00 bits per heavy atom. The zero-order valence-corrected chi connectivity index (χ0v) is 10.7. The normalized spacial score (nSPS) is 10.4. The van der Waals surface area contributed by atoms with E-state index in [2.05, 4.69) is 23.7 Å². The minimum absolute atomic E-state index is 0.0381. The minimum Gasteiger partial charge on any atom is -0.372 e. The molecule has 0 spiro atoms. The van der Waals surface area contributed by atoms with Crippen LogP contribution in [-0.2, 0) is 22.5 Å². The van der Waals surface area contributed by atoms with Gasteiger partial charge in [-0.05, 0) is 29.9 Å². The average molecular weight is 241 g/mol. The van der Waals surface area contributed by atoms with Crippen molar-refractivity contribution in [3.63, 3.8) is 0 Å². The van der Waals surface area contributed by atoms with E-state index in [-0.39, 0.29) is 12.5 Å². The lowest BCUT2D eigenvalue weighted by atomic mass is 10.2. The lowest BCUT2D eigenvalue weighted by Gasteiger charge is -2.05. The molecule has 0 atom stereocenters. The summed E-state index contributed by atoms with van der Waals surface area (Å²) in [6, 6.07) is 2.11. The zero-order chi connectivity index (χ0) is 11.8. The number of ether oxygens (including phenoxy) is 1. The van der Waals surface area contributed by atoms with Gasteiger partial charge in [-0.2, -0.15) is 0 Å². The topological polar surface area (TPSA) is 38.3 Å². The van der Waals surface area contributed by atoms with Crippen LogP contribution >= 0.6 is 11.3 Å². The molecule has 0 radical (unpaired) electrons. The lowest BCUT2D eigenvalue weighted by Crippen LogP contribution is -2.27. The van der Waals surface area contributed by atoms with Gasteiger partial charge in [0.15, 0.2) is 0 Å². The fourth-order valence-electron chi connectivity index (χ4n) is 1.38. The summed E-state index contributed by atoms with van der Waals surface area (Å²) in [4.78, 5) is 12.6. The van der Waals surface area contributed by atoms with Gasteiger partial charge in [-0.15, -0.1) is 11.3 Å². The van der Waals surface area contributed by atoms with Crippen molar-refractivity contribution in [3.05, 3.63) is 21.9 Å². The summed E-state index contributed by atoms with van der Waals surface area (Å²) in [7, 11) is 0. The fraction of sp³-hybridized carbons (Fsp3) is 0.583. The summed E-state index contributed by atoms with van der Waals surface area (Å²) in [5.74, 6) is -0.0381. The average Bonchev–Trinajstić information content (AvgIpc) is 2.74. The summed E-state index contributed by atoms with van der Waals surface area (Å²) in [6.45, 7) is 5.58. The van der Waals surface area contributed by atoms with E-state index < -0.39 is 0 Å². The SMILES string of the molecule is CCCOCC(=O)NCc1sccc1CC. The molecule has 1 aromatic heterocycles. The van der Waals surface area contributed by atoms with Gasteiger partial charge in [-0.25, -0.2) is 0 Å². The van der Waals surface area contributed by atoms with E-state index in [1.807, 2.05) is 6.92 Å². The highest BCUT2D eigenvalue weighted by Crippen LogP contribution is 2.16. The van der Waals surface area contributed by atoms with Gasteiger partial charge in [-0.3, -0.25) is 4.79 Å². The van der Waals surface area contributed by atoms with Crippen LogP contribution in [0, 0.1) is 0 Å². The first kappa shape index (κ1) is 13.2. The highest BCUT2D eigenvalue weighted by Gasteiger charge is 2.05. The number of carbonyl (C=O) groups excluding carboxylic acids is 1. The molecule has 1 N–H and O–H groups in total. The second-order valence-electron chi connectivity index (χ2n) is 3.55. The maximum Gasteiger partial charge on any atom is 0.246 e. The van der Waals surface area contributed by atoms with Gasteiger partial charge < -0.3 is 10.1 Å². The highest BCUT2D eigenvalue weighted by molar-refractivity contribution is 7.10. The first-order chi connectivity index (χ1) is 7.77. The molecule has 0 aliphatic heterocycles. The largest absolute Gasteiger partial charge is 0.372 e. The Kier molecular flexibility index (Phi) is 6.11. The third kappa shape index (κ3) is 4.33. The number of nitrogens with one attached hydrogen (secondary N) is 1. The Balaban J connectivity index is 2.26. The van der Waals surface area contributed by atoms with Crippen molar-refractivity contribution < 1.29 is 9.53 Å². The molecule has 0 saturated heterocycles. The third-order valence-electron chi connectivity index (χ3n) is 2.25. The molecule has 0 bridgehead atoms. The molecule has 1 aromatic rings. The molecule has 90 valence electrons. The first-order valence-electron chi connectivity index (χ1n) is 5.67. The predicted octanol–water partition coefficient (Wildman–Crippen LogP) is 2.35. The number of hydrogen-bond acceptors (Lipinski definition) is 3. The second-order valence-corrected chi connectivity index (χ2v) is 4.55. The molecule has 16 heavy (non-hydrogen) atoms. The number of aryl methyl sites for hydroxylation is 1. The summed E-state index contributed by atoms with van der Waals surface area (Å²) < 4.78 is 5.16.